The fraction of sp³-hybridized carbons (Fsp3) is 0.0625. The van der Waals surface area contributed by atoms with Crippen molar-refractivity contribution in [2.75, 3.05) is 6.61 Å². The van der Waals surface area contributed by atoms with Crippen molar-refractivity contribution < 1.29 is 14.3 Å². The molecule has 3 N–H and O–H groups in total. The minimum Gasteiger partial charge on any atom is -0.482 e. The smallest absolute Gasteiger partial charge is 0.269 e. The Morgan fingerprint density at radius 1 is 1.00 bits per heavy atom. The Labute approximate surface area is 169 Å². The molecule has 10 heteroatoms. The molecule has 0 heterocycles. The predicted octanol–water partition coefficient (Wildman–Crippen LogP) is 3.36. The Morgan fingerprint density at radius 3 is 2.42 bits per heavy atom. The molecule has 0 saturated heterocycles. The van der Waals surface area contributed by atoms with Crippen LogP contribution in [0, 0.1) is 0 Å². The molecule has 0 radical (unpaired) electrons. The van der Waals surface area contributed by atoms with Gasteiger partial charge in [0.05, 0.1) is 5.02 Å². The highest BCUT2D eigenvalue weighted by Crippen LogP contribution is 2.27. The molecule has 2 amide bonds. The van der Waals surface area contributed by atoms with Gasteiger partial charge in [0.1, 0.15) is 5.75 Å². The van der Waals surface area contributed by atoms with Gasteiger partial charge in [-0.25, -0.2) is 0 Å². The van der Waals surface area contributed by atoms with Gasteiger partial charge in [0.15, 0.2) is 11.7 Å². The van der Waals surface area contributed by atoms with E-state index in [1.54, 1.807) is 30.3 Å². The van der Waals surface area contributed by atoms with E-state index in [9.17, 15) is 9.59 Å². The molecule has 0 atom stereocenters. The first-order valence-corrected chi connectivity index (χ1v) is 8.63. The number of amides is 2. The van der Waals surface area contributed by atoms with Gasteiger partial charge in [-0.3, -0.25) is 25.8 Å². The van der Waals surface area contributed by atoms with Crippen LogP contribution in [0.3, 0.4) is 0 Å². The fourth-order valence-electron chi connectivity index (χ4n) is 1.74. The zero-order valence-corrected chi connectivity index (χ0v) is 16.1. The molecule has 136 valence electrons. The van der Waals surface area contributed by atoms with Crippen LogP contribution in [-0.2, 0) is 4.79 Å². The second-order valence-corrected chi connectivity index (χ2v) is 6.52. The van der Waals surface area contributed by atoms with E-state index in [1.807, 2.05) is 0 Å². The molecule has 0 aliphatic carbocycles. The number of rotatable bonds is 4. The van der Waals surface area contributed by atoms with Crippen molar-refractivity contribution in [1.82, 2.24) is 16.2 Å². The van der Waals surface area contributed by atoms with Gasteiger partial charge in [0, 0.05) is 15.6 Å². The van der Waals surface area contributed by atoms with Gasteiger partial charge in [-0.05, 0) is 48.6 Å². The Morgan fingerprint density at radius 2 is 1.73 bits per heavy atom. The van der Waals surface area contributed by atoms with E-state index in [0.717, 1.165) is 0 Å². The number of hydrogen-bond acceptors (Lipinski definition) is 4. The number of nitrogens with one attached hydrogen (secondary N) is 3. The Kier molecular flexibility index (Phi) is 7.47. The molecule has 0 saturated carbocycles. The molecular formula is C16H12Cl3N3O3S. The van der Waals surface area contributed by atoms with E-state index < -0.39 is 11.8 Å². The van der Waals surface area contributed by atoms with E-state index in [1.165, 1.54) is 12.1 Å². The number of carbonyl (C=O) groups is 2. The second-order valence-electron chi connectivity index (χ2n) is 4.83. The summed E-state index contributed by atoms with van der Waals surface area (Å²) in [5.41, 5.74) is 5.08. The topological polar surface area (TPSA) is 79.5 Å². The minimum absolute atomic E-state index is 0.101. The third-order valence-electron chi connectivity index (χ3n) is 2.88. The van der Waals surface area contributed by atoms with Crippen LogP contribution >= 0.6 is 47.0 Å². The number of hydrazine groups is 1. The monoisotopic (exact) mass is 431 g/mol. The highest BCUT2D eigenvalue weighted by Gasteiger charge is 2.10. The predicted molar refractivity (Wildman–Crippen MR) is 105 cm³/mol. The summed E-state index contributed by atoms with van der Waals surface area (Å²) in [6, 6.07) is 11.0. The molecule has 26 heavy (non-hydrogen) atoms. The van der Waals surface area contributed by atoms with E-state index in [0.29, 0.717) is 21.4 Å². The van der Waals surface area contributed by atoms with Crippen LogP contribution in [-0.4, -0.2) is 23.5 Å². The molecular weight excluding hydrogens is 421 g/mol. The molecule has 2 aromatic carbocycles. The maximum atomic E-state index is 11.9. The lowest BCUT2D eigenvalue weighted by molar-refractivity contribution is -0.121. The van der Waals surface area contributed by atoms with E-state index >= 15 is 0 Å². The van der Waals surface area contributed by atoms with Crippen molar-refractivity contribution in [3.05, 3.63) is 63.1 Å². The van der Waals surface area contributed by atoms with Crippen LogP contribution < -0.4 is 20.9 Å². The van der Waals surface area contributed by atoms with Gasteiger partial charge in [-0.1, -0.05) is 40.9 Å². The molecule has 0 bridgehead atoms. The van der Waals surface area contributed by atoms with Crippen molar-refractivity contribution in [2.24, 2.45) is 0 Å². The minimum atomic E-state index is -0.537. The number of thiocarbonyl (C=S) groups is 1. The summed E-state index contributed by atoms with van der Waals surface area (Å²) in [6.45, 7) is -0.328. The summed E-state index contributed by atoms with van der Waals surface area (Å²) >= 11 is 22.4. The molecule has 0 aliphatic heterocycles. The van der Waals surface area contributed by atoms with Crippen LogP contribution in [0.25, 0.3) is 0 Å². The summed E-state index contributed by atoms with van der Waals surface area (Å²) in [4.78, 5) is 23.7. The Balaban J connectivity index is 1.76. The van der Waals surface area contributed by atoms with Gasteiger partial charge >= 0.3 is 0 Å². The first kappa shape index (κ1) is 20.3. The summed E-state index contributed by atoms with van der Waals surface area (Å²) in [5, 5.41) is 3.40. The first-order chi connectivity index (χ1) is 12.3. The quantitative estimate of drug-likeness (QED) is 0.510. The van der Waals surface area contributed by atoms with Crippen molar-refractivity contribution in [3.63, 3.8) is 0 Å². The second kappa shape index (κ2) is 9.59. The zero-order chi connectivity index (χ0) is 19.1. The molecule has 0 fully saturated rings. The Hall–Kier alpha value is -2.06. The van der Waals surface area contributed by atoms with E-state index in [2.05, 4.69) is 16.2 Å². The van der Waals surface area contributed by atoms with E-state index in [4.69, 9.17) is 51.8 Å². The number of benzene rings is 2. The summed E-state index contributed by atoms with van der Waals surface area (Å²) < 4.78 is 5.27. The van der Waals surface area contributed by atoms with Crippen molar-refractivity contribution in [1.29, 1.82) is 0 Å². The molecule has 0 unspecified atom stereocenters. The normalized spacial score (nSPS) is 9.96. The summed E-state index contributed by atoms with van der Waals surface area (Å²) in [6.07, 6.45) is 0. The Bertz CT molecular complexity index is 848. The van der Waals surface area contributed by atoms with Crippen molar-refractivity contribution >= 4 is 63.9 Å². The average Bonchev–Trinajstić information content (AvgIpc) is 2.59. The SMILES string of the molecule is O=C(COc1ccc(Cl)cc1Cl)NC(=S)NNC(=O)c1cccc(Cl)c1. The summed E-state index contributed by atoms with van der Waals surface area (Å²) in [5.74, 6) is -0.696. The van der Waals surface area contributed by atoms with E-state index in [-0.39, 0.29) is 16.7 Å². The largest absolute Gasteiger partial charge is 0.482 e. The van der Waals surface area contributed by atoms with Crippen LogP contribution in [0.15, 0.2) is 42.5 Å². The standard InChI is InChI=1S/C16H12Cl3N3O3S/c17-10-3-1-2-9(6-10)15(24)21-22-16(26)20-14(23)8-25-13-5-4-11(18)7-12(13)19/h1-7H,8H2,(H,21,24)(H2,20,22,23,26). The highest BCUT2D eigenvalue weighted by atomic mass is 35.5. The van der Waals surface area contributed by atoms with Gasteiger partial charge in [-0.15, -0.1) is 0 Å². The number of ether oxygens (including phenoxy) is 1. The van der Waals surface area contributed by atoms with Crippen LogP contribution in [0.4, 0.5) is 0 Å². The van der Waals surface area contributed by atoms with Gasteiger partial charge in [0.25, 0.3) is 11.8 Å². The lowest BCUT2D eigenvalue weighted by Crippen LogP contribution is -2.49. The number of halogens is 3. The number of hydrogen-bond donors (Lipinski definition) is 3. The fourth-order valence-corrected chi connectivity index (χ4v) is 2.56. The van der Waals surface area contributed by atoms with Gasteiger partial charge < -0.3 is 4.74 Å². The van der Waals surface area contributed by atoms with Crippen molar-refractivity contribution in [3.8, 4) is 5.75 Å². The average molecular weight is 433 g/mol. The van der Waals surface area contributed by atoms with Crippen LogP contribution in [0.1, 0.15) is 10.4 Å². The molecule has 0 aromatic heterocycles. The lowest BCUT2D eigenvalue weighted by atomic mass is 10.2. The third-order valence-corrected chi connectivity index (χ3v) is 3.85. The third kappa shape index (κ3) is 6.34. The number of carbonyl (C=O) groups excluding carboxylic acids is 2. The molecule has 2 aromatic rings. The van der Waals surface area contributed by atoms with Crippen LogP contribution in [0.2, 0.25) is 15.1 Å². The molecule has 0 aliphatic rings. The van der Waals surface area contributed by atoms with Gasteiger partial charge in [0.2, 0.25) is 0 Å². The van der Waals surface area contributed by atoms with Gasteiger partial charge in [-0.2, -0.15) is 0 Å². The summed E-state index contributed by atoms with van der Waals surface area (Å²) in [7, 11) is 0. The maximum Gasteiger partial charge on any atom is 0.269 e. The highest BCUT2D eigenvalue weighted by molar-refractivity contribution is 7.80. The molecule has 2 rings (SSSR count). The maximum absolute atomic E-state index is 11.9. The zero-order valence-electron chi connectivity index (χ0n) is 13.0. The molecule has 6 nitrogen and oxygen atoms in total. The molecule has 0 spiro atoms. The van der Waals surface area contributed by atoms with Crippen LogP contribution in [0.5, 0.6) is 5.75 Å². The lowest BCUT2D eigenvalue weighted by Gasteiger charge is -2.12. The van der Waals surface area contributed by atoms with Crippen molar-refractivity contribution in [2.45, 2.75) is 0 Å². The first-order valence-electron chi connectivity index (χ1n) is 7.09.